The average molecular weight is 471 g/mol. The number of nitrogens with zero attached hydrogens (tertiary/aromatic N) is 1. The van der Waals surface area contributed by atoms with Gasteiger partial charge in [0.2, 0.25) is 15.9 Å². The fraction of sp³-hybridized carbons (Fsp3) is 0.300. The zero-order valence-electron chi connectivity index (χ0n) is 15.9. The van der Waals surface area contributed by atoms with Crippen molar-refractivity contribution >= 4 is 50.6 Å². The smallest absolute Gasteiger partial charge is 0.243 e. The molecule has 10 heteroatoms. The third kappa shape index (κ3) is 5.59. The molecule has 0 bridgehead atoms. The van der Waals surface area contributed by atoms with Crippen LogP contribution in [0, 0.1) is 0 Å². The van der Waals surface area contributed by atoms with Crippen LogP contribution >= 0.6 is 23.2 Å². The van der Waals surface area contributed by atoms with Gasteiger partial charge in [0.25, 0.3) is 0 Å². The first-order valence-corrected chi connectivity index (χ1v) is 11.4. The molecule has 0 aliphatic carbocycles. The number of Topliss-reactive ketones (excluding diaryl/α,β-unsaturated/α-hetero) is 1. The molecule has 1 fully saturated rings. The van der Waals surface area contributed by atoms with E-state index in [-0.39, 0.29) is 47.3 Å². The molecule has 0 atom stereocenters. The van der Waals surface area contributed by atoms with E-state index in [1.807, 2.05) is 0 Å². The first-order chi connectivity index (χ1) is 14.3. The molecule has 2 aromatic rings. The van der Waals surface area contributed by atoms with Gasteiger partial charge in [-0.25, -0.2) is 8.42 Å². The monoisotopic (exact) mass is 470 g/mol. The van der Waals surface area contributed by atoms with Crippen molar-refractivity contribution in [2.24, 2.45) is 0 Å². The molecule has 0 unspecified atom stereocenters. The molecule has 0 saturated carbocycles. The lowest BCUT2D eigenvalue weighted by Gasteiger charge is -2.26. The van der Waals surface area contributed by atoms with Crippen LogP contribution in [0.5, 0.6) is 0 Å². The third-order valence-electron chi connectivity index (χ3n) is 4.57. The van der Waals surface area contributed by atoms with Crippen molar-refractivity contribution in [1.82, 2.24) is 4.31 Å². The van der Waals surface area contributed by atoms with E-state index < -0.39 is 15.9 Å². The lowest BCUT2D eigenvalue weighted by Crippen LogP contribution is -2.40. The molecule has 0 spiro atoms. The van der Waals surface area contributed by atoms with Gasteiger partial charge in [-0.2, -0.15) is 4.31 Å². The van der Waals surface area contributed by atoms with Crippen molar-refractivity contribution in [3.8, 4) is 0 Å². The third-order valence-corrected chi connectivity index (χ3v) is 7.04. The Bertz CT molecular complexity index is 1040. The Labute approximate surface area is 185 Å². The van der Waals surface area contributed by atoms with Crippen LogP contribution in [0.15, 0.2) is 47.4 Å². The number of hydrogen-bond donors (Lipinski definition) is 1. The van der Waals surface area contributed by atoms with Gasteiger partial charge in [0.1, 0.15) is 0 Å². The van der Waals surface area contributed by atoms with Crippen molar-refractivity contribution < 1.29 is 22.7 Å². The van der Waals surface area contributed by atoms with Crippen LogP contribution < -0.4 is 5.32 Å². The molecule has 0 radical (unpaired) electrons. The highest BCUT2D eigenvalue weighted by molar-refractivity contribution is 7.89. The van der Waals surface area contributed by atoms with E-state index in [1.165, 1.54) is 22.5 Å². The van der Waals surface area contributed by atoms with Crippen LogP contribution in [-0.4, -0.2) is 50.7 Å². The number of anilines is 1. The summed E-state index contributed by atoms with van der Waals surface area (Å²) in [5.41, 5.74) is 0.638. The predicted molar refractivity (Wildman–Crippen MR) is 115 cm³/mol. The number of morpholine rings is 1. The number of carbonyl (C=O) groups excluding carboxylic acids is 2. The lowest BCUT2D eigenvalue weighted by molar-refractivity contribution is -0.116. The number of halogens is 2. The summed E-state index contributed by atoms with van der Waals surface area (Å²) < 4.78 is 32.1. The van der Waals surface area contributed by atoms with Crippen LogP contribution in [0.1, 0.15) is 23.2 Å². The minimum absolute atomic E-state index is 0.00312. The molecule has 7 nitrogen and oxygen atoms in total. The highest BCUT2D eigenvalue weighted by Gasteiger charge is 2.27. The normalized spacial score (nSPS) is 15.0. The Morgan fingerprint density at radius 3 is 2.33 bits per heavy atom. The maximum absolute atomic E-state index is 12.8. The topological polar surface area (TPSA) is 92.8 Å². The molecular formula is C20H20Cl2N2O5S. The molecule has 1 amide bonds. The number of nitrogens with one attached hydrogen (secondary N) is 1. The summed E-state index contributed by atoms with van der Waals surface area (Å²) in [6, 6.07) is 10.5. The van der Waals surface area contributed by atoms with E-state index in [4.69, 9.17) is 27.9 Å². The SMILES string of the molecule is O=C(CCC(=O)c1ccc(Cl)cc1)Nc1cc(S(=O)(=O)N2CCOCC2)ccc1Cl. The summed E-state index contributed by atoms with van der Waals surface area (Å²) in [5, 5.41) is 3.31. The predicted octanol–water partition coefficient (Wildman–Crippen LogP) is 3.62. The van der Waals surface area contributed by atoms with Crippen molar-refractivity contribution in [3.63, 3.8) is 0 Å². The summed E-state index contributed by atoms with van der Waals surface area (Å²) in [4.78, 5) is 24.5. The largest absolute Gasteiger partial charge is 0.379 e. The molecular weight excluding hydrogens is 451 g/mol. The van der Waals surface area contributed by atoms with Gasteiger partial charge >= 0.3 is 0 Å². The Balaban J connectivity index is 1.65. The molecule has 160 valence electrons. The molecule has 30 heavy (non-hydrogen) atoms. The highest BCUT2D eigenvalue weighted by atomic mass is 35.5. The first-order valence-electron chi connectivity index (χ1n) is 9.23. The van der Waals surface area contributed by atoms with Crippen LogP contribution in [0.25, 0.3) is 0 Å². The van der Waals surface area contributed by atoms with Gasteiger partial charge in [-0.3, -0.25) is 9.59 Å². The number of benzene rings is 2. The number of ether oxygens (including phenoxy) is 1. The number of amides is 1. The first kappa shape index (κ1) is 22.7. The van der Waals surface area contributed by atoms with Gasteiger partial charge < -0.3 is 10.1 Å². The molecule has 3 rings (SSSR count). The molecule has 1 saturated heterocycles. The zero-order valence-corrected chi connectivity index (χ0v) is 18.3. The van der Waals surface area contributed by atoms with Crippen molar-refractivity contribution in [2.75, 3.05) is 31.6 Å². The van der Waals surface area contributed by atoms with Gasteiger partial charge in [-0.05, 0) is 42.5 Å². The summed E-state index contributed by atoms with van der Waals surface area (Å²) in [5.74, 6) is -0.642. The van der Waals surface area contributed by atoms with Gasteiger partial charge in [0, 0.05) is 36.5 Å². The molecule has 1 aliphatic rings. The maximum atomic E-state index is 12.8. The molecule has 1 aliphatic heterocycles. The molecule has 1 N–H and O–H groups in total. The Morgan fingerprint density at radius 2 is 1.67 bits per heavy atom. The van der Waals surface area contributed by atoms with Crippen molar-refractivity contribution in [3.05, 3.63) is 58.1 Å². The average Bonchev–Trinajstić information content (AvgIpc) is 2.74. The highest BCUT2D eigenvalue weighted by Crippen LogP contribution is 2.27. The second-order valence-corrected chi connectivity index (χ2v) is 9.42. The second kappa shape index (κ2) is 9.89. The lowest BCUT2D eigenvalue weighted by atomic mass is 10.1. The summed E-state index contributed by atoms with van der Waals surface area (Å²) >= 11 is 11.9. The fourth-order valence-corrected chi connectivity index (χ4v) is 4.64. The Kier molecular flexibility index (Phi) is 7.49. The number of rotatable bonds is 7. The summed E-state index contributed by atoms with van der Waals surface area (Å²) in [6.45, 7) is 1.19. The summed E-state index contributed by atoms with van der Waals surface area (Å²) in [6.07, 6.45) is -0.0743. The number of hydrogen-bond acceptors (Lipinski definition) is 5. The fourth-order valence-electron chi connectivity index (χ4n) is 2.92. The van der Waals surface area contributed by atoms with E-state index in [1.54, 1.807) is 24.3 Å². The van der Waals surface area contributed by atoms with Crippen LogP contribution in [-0.2, 0) is 19.6 Å². The summed E-state index contributed by atoms with van der Waals surface area (Å²) in [7, 11) is -3.72. The van der Waals surface area contributed by atoms with E-state index in [2.05, 4.69) is 5.32 Å². The van der Waals surface area contributed by atoms with E-state index in [0.29, 0.717) is 23.8 Å². The molecule has 0 aromatic heterocycles. The van der Waals surface area contributed by atoms with Crippen LogP contribution in [0.4, 0.5) is 5.69 Å². The van der Waals surface area contributed by atoms with Gasteiger partial charge in [-0.1, -0.05) is 23.2 Å². The number of carbonyl (C=O) groups is 2. The van der Waals surface area contributed by atoms with E-state index in [9.17, 15) is 18.0 Å². The van der Waals surface area contributed by atoms with Crippen molar-refractivity contribution in [2.45, 2.75) is 17.7 Å². The second-order valence-electron chi connectivity index (χ2n) is 6.64. The minimum Gasteiger partial charge on any atom is -0.379 e. The van der Waals surface area contributed by atoms with Gasteiger partial charge in [0.05, 0.1) is 28.8 Å². The zero-order chi connectivity index (χ0) is 21.7. The van der Waals surface area contributed by atoms with Crippen molar-refractivity contribution in [1.29, 1.82) is 0 Å². The minimum atomic E-state index is -3.72. The van der Waals surface area contributed by atoms with Crippen LogP contribution in [0.3, 0.4) is 0 Å². The quantitative estimate of drug-likeness (QED) is 0.623. The van der Waals surface area contributed by atoms with E-state index in [0.717, 1.165) is 0 Å². The van der Waals surface area contributed by atoms with Gasteiger partial charge in [0.15, 0.2) is 5.78 Å². The molecule has 2 aromatic carbocycles. The van der Waals surface area contributed by atoms with Crippen LogP contribution in [0.2, 0.25) is 10.0 Å². The standard InChI is InChI=1S/C20H20Cl2N2O5S/c21-15-3-1-14(2-4-15)19(25)7-8-20(26)23-18-13-16(5-6-17(18)22)30(27,28)24-9-11-29-12-10-24/h1-6,13H,7-12H2,(H,23,26). The van der Waals surface area contributed by atoms with Gasteiger partial charge in [-0.15, -0.1) is 0 Å². The molecule has 1 heterocycles. The Morgan fingerprint density at radius 1 is 1.00 bits per heavy atom. The Hall–Kier alpha value is -1.97. The number of sulfonamides is 1. The maximum Gasteiger partial charge on any atom is 0.243 e. The van der Waals surface area contributed by atoms with E-state index >= 15 is 0 Å². The number of ketones is 1.